The number of anilines is 1. The van der Waals surface area contributed by atoms with Crippen LogP contribution in [0.2, 0.25) is 5.02 Å². The number of hydrogen-bond donors (Lipinski definition) is 1. The fourth-order valence-electron chi connectivity index (χ4n) is 4.35. The van der Waals surface area contributed by atoms with Crippen molar-refractivity contribution in [2.24, 2.45) is 0 Å². The molecule has 1 unspecified atom stereocenters. The molecule has 0 saturated carbocycles. The van der Waals surface area contributed by atoms with E-state index >= 15 is 0 Å². The van der Waals surface area contributed by atoms with Crippen molar-refractivity contribution < 1.29 is 33.0 Å². The minimum Gasteiger partial charge on any atom is -0.487 e. The molecule has 9 heteroatoms. The number of amides is 1. The normalized spacial score (nSPS) is 19.8. The highest BCUT2D eigenvalue weighted by molar-refractivity contribution is 6.34. The molecule has 33 heavy (non-hydrogen) atoms. The van der Waals surface area contributed by atoms with E-state index in [0.29, 0.717) is 35.4 Å². The van der Waals surface area contributed by atoms with Gasteiger partial charge in [0, 0.05) is 17.8 Å². The lowest BCUT2D eigenvalue weighted by atomic mass is 9.81. The van der Waals surface area contributed by atoms with E-state index in [2.05, 4.69) is 0 Å². The van der Waals surface area contributed by atoms with Gasteiger partial charge in [0.2, 0.25) is 0 Å². The predicted molar refractivity (Wildman–Crippen MR) is 118 cm³/mol. The van der Waals surface area contributed by atoms with Crippen molar-refractivity contribution in [2.75, 3.05) is 24.7 Å². The van der Waals surface area contributed by atoms with Crippen molar-refractivity contribution in [3.05, 3.63) is 75.1 Å². The number of halogens is 3. The highest BCUT2D eigenvalue weighted by Crippen LogP contribution is 2.45. The van der Waals surface area contributed by atoms with Crippen LogP contribution in [0.15, 0.2) is 64.5 Å². The molecule has 174 valence electrons. The minimum atomic E-state index is -2.66. The smallest absolute Gasteiger partial charge is 0.307 e. The fraction of sp³-hybridized carbons (Fsp3) is 0.333. The van der Waals surface area contributed by atoms with Crippen LogP contribution in [0.1, 0.15) is 18.9 Å². The van der Waals surface area contributed by atoms with Crippen LogP contribution in [-0.2, 0) is 25.5 Å². The monoisotopic (exact) mass is 477 g/mol. The maximum atomic E-state index is 13.6. The first-order chi connectivity index (χ1) is 15.8. The van der Waals surface area contributed by atoms with Crippen LogP contribution in [-0.4, -0.2) is 49.3 Å². The van der Waals surface area contributed by atoms with Crippen molar-refractivity contribution in [3.8, 4) is 0 Å². The fourth-order valence-corrected chi connectivity index (χ4v) is 4.65. The molecule has 0 radical (unpaired) electrons. The molecule has 1 heterocycles. The van der Waals surface area contributed by atoms with Crippen LogP contribution >= 0.6 is 11.6 Å². The Bertz CT molecular complexity index is 1120. The first-order valence-corrected chi connectivity index (χ1v) is 10.9. The molecule has 0 fully saturated rings. The largest absolute Gasteiger partial charge is 0.487 e. The van der Waals surface area contributed by atoms with Crippen LogP contribution in [0.25, 0.3) is 0 Å². The van der Waals surface area contributed by atoms with Crippen LogP contribution in [0.5, 0.6) is 0 Å². The van der Waals surface area contributed by atoms with Gasteiger partial charge >= 0.3 is 5.97 Å². The lowest BCUT2D eigenvalue weighted by molar-refractivity contribution is -0.136. The number of aliphatic carboxylic acids is 1. The molecule has 0 bridgehead atoms. The number of benzene rings is 1. The molecule has 1 aromatic carbocycles. The number of carboxylic acid groups (broad SMARTS) is 1. The Balaban J connectivity index is 1.75. The van der Waals surface area contributed by atoms with E-state index in [1.807, 2.05) is 25.2 Å². The molecule has 1 N–H and O–H groups in total. The van der Waals surface area contributed by atoms with Crippen LogP contribution in [0.3, 0.4) is 0 Å². The second-order valence-electron chi connectivity index (χ2n) is 7.74. The summed E-state index contributed by atoms with van der Waals surface area (Å²) in [5.74, 6) is -1.07. The third-order valence-electron chi connectivity index (χ3n) is 5.64. The summed E-state index contributed by atoms with van der Waals surface area (Å²) >= 11 is 6.41. The van der Waals surface area contributed by atoms with Crippen molar-refractivity contribution in [1.82, 2.24) is 0 Å². The van der Waals surface area contributed by atoms with E-state index in [-0.39, 0.29) is 29.7 Å². The maximum absolute atomic E-state index is 13.6. The van der Waals surface area contributed by atoms with E-state index < -0.39 is 25.1 Å². The van der Waals surface area contributed by atoms with E-state index in [1.54, 1.807) is 12.1 Å². The standard InChI is InChI=1S/C24H22ClF2NO5/c1-2-32-23-15-6-4-3-5-14(15)22(33-12-19(26)27)16-11-28(24(31)21(16)23)18-8-7-13(9-17(18)25)10-20(29)30/h3-4,6-9,19,23H,2,5,10-12H2,1H3,(H,29,30). The number of hydrogen-bond acceptors (Lipinski definition) is 4. The number of ether oxygens (including phenoxy) is 2. The van der Waals surface area contributed by atoms with E-state index in [0.717, 1.165) is 11.1 Å². The molecule has 2 aliphatic carbocycles. The number of nitrogens with zero attached hydrogens (tertiary/aromatic N) is 1. The van der Waals surface area contributed by atoms with Gasteiger partial charge in [-0.05, 0) is 36.6 Å². The molecule has 0 aromatic heterocycles. The number of rotatable bonds is 8. The van der Waals surface area contributed by atoms with Crippen molar-refractivity contribution >= 4 is 29.2 Å². The molecule has 1 aliphatic heterocycles. The number of carbonyl (C=O) groups excluding carboxylic acids is 1. The molecule has 1 amide bonds. The second kappa shape index (κ2) is 9.49. The van der Waals surface area contributed by atoms with Gasteiger partial charge in [-0.25, -0.2) is 8.78 Å². The van der Waals surface area contributed by atoms with Crippen molar-refractivity contribution in [3.63, 3.8) is 0 Å². The summed E-state index contributed by atoms with van der Waals surface area (Å²) in [5, 5.41) is 9.23. The number of carbonyl (C=O) groups is 2. The van der Waals surface area contributed by atoms with Gasteiger partial charge in [-0.3, -0.25) is 9.59 Å². The summed E-state index contributed by atoms with van der Waals surface area (Å²) in [6.45, 7) is 1.46. The Hall–Kier alpha value is -2.97. The first kappa shape index (κ1) is 23.2. The first-order valence-electron chi connectivity index (χ1n) is 10.5. The van der Waals surface area contributed by atoms with Crippen LogP contribution in [0.4, 0.5) is 14.5 Å². The molecule has 1 aromatic rings. The Kier molecular flexibility index (Phi) is 6.67. The Morgan fingerprint density at radius 2 is 2.12 bits per heavy atom. The summed E-state index contributed by atoms with van der Waals surface area (Å²) in [6, 6.07) is 4.70. The maximum Gasteiger partial charge on any atom is 0.307 e. The van der Waals surface area contributed by atoms with Gasteiger partial charge in [0.1, 0.15) is 18.5 Å². The zero-order chi connectivity index (χ0) is 23.7. The zero-order valence-electron chi connectivity index (χ0n) is 17.8. The Morgan fingerprint density at radius 3 is 2.79 bits per heavy atom. The van der Waals surface area contributed by atoms with Gasteiger partial charge in [0.25, 0.3) is 12.3 Å². The number of allylic oxidation sites excluding steroid dienone is 3. The number of fused-ring (bicyclic) bond motifs is 1. The SMILES string of the molecule is CCOC1C2=CC=CCC2=C(OCC(F)F)C2=C1C(=O)N(c1ccc(CC(=O)O)cc1Cl)C2. The van der Waals surface area contributed by atoms with Crippen molar-refractivity contribution in [2.45, 2.75) is 32.3 Å². The third kappa shape index (κ3) is 4.45. The highest BCUT2D eigenvalue weighted by atomic mass is 35.5. The molecule has 3 aliphatic rings. The summed E-state index contributed by atoms with van der Waals surface area (Å²) < 4.78 is 37.5. The topological polar surface area (TPSA) is 76.1 Å². The minimum absolute atomic E-state index is 0.0782. The molecule has 6 nitrogen and oxygen atoms in total. The van der Waals surface area contributed by atoms with E-state index in [1.165, 1.54) is 11.0 Å². The van der Waals surface area contributed by atoms with Crippen molar-refractivity contribution in [1.29, 1.82) is 0 Å². The molecular weight excluding hydrogens is 456 g/mol. The van der Waals surface area contributed by atoms with Gasteiger partial charge in [-0.15, -0.1) is 0 Å². The molecular formula is C24H22ClF2NO5. The summed E-state index contributed by atoms with van der Waals surface area (Å²) in [4.78, 5) is 26.0. The number of alkyl halides is 2. The lowest BCUT2D eigenvalue weighted by Gasteiger charge is -2.31. The highest BCUT2D eigenvalue weighted by Gasteiger charge is 2.45. The number of carboxylic acids is 1. The Labute approximate surface area is 194 Å². The summed E-state index contributed by atoms with van der Waals surface area (Å²) in [6.07, 6.45) is 2.52. The van der Waals surface area contributed by atoms with E-state index in [4.69, 9.17) is 26.2 Å². The average Bonchev–Trinajstić information content (AvgIpc) is 3.09. The average molecular weight is 478 g/mol. The molecule has 1 atom stereocenters. The molecule has 0 spiro atoms. The second-order valence-corrected chi connectivity index (χ2v) is 8.15. The predicted octanol–water partition coefficient (Wildman–Crippen LogP) is 4.45. The summed E-state index contributed by atoms with van der Waals surface area (Å²) in [7, 11) is 0. The molecule has 4 rings (SSSR count). The van der Waals surface area contributed by atoms with Gasteiger partial charge in [0.15, 0.2) is 0 Å². The van der Waals surface area contributed by atoms with Crippen LogP contribution in [0, 0.1) is 0 Å². The van der Waals surface area contributed by atoms with Gasteiger partial charge in [0.05, 0.1) is 29.2 Å². The molecule has 0 saturated heterocycles. The quantitative estimate of drug-likeness (QED) is 0.598. The lowest BCUT2D eigenvalue weighted by Crippen LogP contribution is -2.32. The van der Waals surface area contributed by atoms with Gasteiger partial charge < -0.3 is 19.5 Å². The zero-order valence-corrected chi connectivity index (χ0v) is 18.6. The van der Waals surface area contributed by atoms with E-state index in [9.17, 15) is 18.4 Å². The summed E-state index contributed by atoms with van der Waals surface area (Å²) in [5.41, 5.74) is 3.20. The Morgan fingerprint density at radius 1 is 1.33 bits per heavy atom. The van der Waals surface area contributed by atoms with Crippen LogP contribution < -0.4 is 4.90 Å². The van der Waals surface area contributed by atoms with Gasteiger partial charge in [-0.2, -0.15) is 0 Å². The third-order valence-corrected chi connectivity index (χ3v) is 5.94. The van der Waals surface area contributed by atoms with Gasteiger partial charge in [-0.1, -0.05) is 35.9 Å².